The van der Waals surface area contributed by atoms with Crippen molar-refractivity contribution in [3.05, 3.63) is 24.3 Å². The first-order valence-corrected chi connectivity index (χ1v) is 8.18. The summed E-state index contributed by atoms with van der Waals surface area (Å²) in [5, 5.41) is -6.15. The van der Waals surface area contributed by atoms with Gasteiger partial charge < -0.3 is 8.92 Å². The number of hydrogen-bond donors (Lipinski definition) is 0. The third-order valence-corrected chi connectivity index (χ3v) is 3.98. The molecule has 0 heterocycles. The zero-order valence-electron chi connectivity index (χ0n) is 13.6. The summed E-state index contributed by atoms with van der Waals surface area (Å²) >= 11 is 0. The molecule has 11 heteroatoms. The fourth-order valence-electron chi connectivity index (χ4n) is 1.51. The molecule has 0 spiro atoms. The predicted octanol–water partition coefficient (Wildman–Crippen LogP) is 4.46. The normalized spacial score (nSPS) is 14.3. The van der Waals surface area contributed by atoms with Crippen molar-refractivity contribution in [3.8, 4) is 11.5 Å². The maximum absolute atomic E-state index is 13.5. The molecule has 0 aliphatic carbocycles. The molecule has 25 heavy (non-hydrogen) atoms. The van der Waals surface area contributed by atoms with Gasteiger partial charge in [-0.2, -0.15) is 34.8 Å². The minimum atomic E-state index is -6.41. The Morgan fingerprint density at radius 1 is 0.800 bits per heavy atom. The van der Waals surface area contributed by atoms with Crippen LogP contribution in [0.3, 0.4) is 0 Å². The van der Waals surface area contributed by atoms with Crippen molar-refractivity contribution >= 4 is 10.1 Å². The highest BCUT2D eigenvalue weighted by atomic mass is 32.2. The number of hydrogen-bond acceptors (Lipinski definition) is 4. The van der Waals surface area contributed by atoms with E-state index in [4.69, 9.17) is 4.74 Å². The Balaban J connectivity index is 3.09. The zero-order valence-corrected chi connectivity index (χ0v) is 14.4. The molecule has 0 N–H and O–H groups in total. The molecule has 0 aliphatic rings. The summed E-state index contributed by atoms with van der Waals surface area (Å²) in [6, 6.07) is 4.00. The maximum Gasteiger partial charge on any atom is 0.449 e. The second-order valence-corrected chi connectivity index (χ2v) is 7.79. The Bertz CT molecular complexity index is 702. The molecule has 0 fully saturated rings. The Morgan fingerprint density at radius 3 is 1.56 bits per heavy atom. The van der Waals surface area contributed by atoms with Gasteiger partial charge in [-0.15, -0.1) is 0 Å². The highest BCUT2D eigenvalue weighted by Gasteiger charge is 2.76. The molecule has 1 rings (SSSR count). The minimum Gasteiger partial charge on any atom is -0.488 e. The van der Waals surface area contributed by atoms with Crippen LogP contribution in [0.25, 0.3) is 0 Å². The molecule has 0 aromatic heterocycles. The van der Waals surface area contributed by atoms with Crippen LogP contribution < -0.4 is 8.92 Å². The van der Waals surface area contributed by atoms with E-state index in [0.29, 0.717) is 0 Å². The lowest BCUT2D eigenvalue weighted by Crippen LogP contribution is -2.57. The van der Waals surface area contributed by atoms with Crippen LogP contribution in [0.4, 0.5) is 26.3 Å². The topological polar surface area (TPSA) is 52.6 Å². The molecule has 0 bridgehead atoms. The van der Waals surface area contributed by atoms with Crippen LogP contribution in [0.2, 0.25) is 0 Å². The summed E-state index contributed by atoms with van der Waals surface area (Å²) in [5.41, 5.74) is -0.615. The average molecular weight is 394 g/mol. The summed E-state index contributed by atoms with van der Waals surface area (Å²) < 4.78 is 111. The molecule has 0 unspecified atom stereocenters. The Morgan fingerprint density at radius 2 is 1.20 bits per heavy atom. The molecule has 0 radical (unpaired) electrons. The Labute approximate surface area is 140 Å². The Kier molecular flexibility index (Phi) is 5.35. The highest BCUT2D eigenvalue weighted by Crippen LogP contribution is 2.48. The van der Waals surface area contributed by atoms with Gasteiger partial charge in [-0.05, 0) is 45.0 Å². The van der Waals surface area contributed by atoms with Crippen molar-refractivity contribution < 1.29 is 43.7 Å². The molecular weight excluding hydrogens is 378 g/mol. The largest absolute Gasteiger partial charge is 0.488 e. The fraction of sp³-hybridized carbons (Fsp3) is 0.571. The number of alkyl halides is 6. The van der Waals surface area contributed by atoms with E-state index < -0.39 is 45.5 Å². The van der Waals surface area contributed by atoms with Gasteiger partial charge >= 0.3 is 27.2 Å². The van der Waals surface area contributed by atoms with E-state index in [1.807, 2.05) is 0 Å². The zero-order chi connectivity index (χ0) is 19.9. The monoisotopic (exact) mass is 394 g/mol. The van der Waals surface area contributed by atoms with Gasteiger partial charge in [-0.25, -0.2) is 0 Å². The summed E-state index contributed by atoms with van der Waals surface area (Å²) in [4.78, 5) is 0. The summed E-state index contributed by atoms with van der Waals surface area (Å²) in [7, 11) is -6.41. The number of halogens is 6. The van der Waals surface area contributed by atoms with Gasteiger partial charge in [0.15, 0.2) is 0 Å². The molecule has 1 aromatic rings. The van der Waals surface area contributed by atoms with Crippen molar-refractivity contribution in [1.29, 1.82) is 0 Å². The van der Waals surface area contributed by atoms with Crippen molar-refractivity contribution in [2.75, 3.05) is 0 Å². The third-order valence-electron chi connectivity index (χ3n) is 2.68. The quantitative estimate of drug-likeness (QED) is 0.528. The molecule has 144 valence electrons. The van der Waals surface area contributed by atoms with Crippen LogP contribution in [-0.4, -0.2) is 31.1 Å². The lowest BCUT2D eigenvalue weighted by Gasteiger charge is -2.29. The number of rotatable bonds is 6. The predicted molar refractivity (Wildman–Crippen MR) is 76.9 cm³/mol. The van der Waals surface area contributed by atoms with Crippen molar-refractivity contribution in [1.82, 2.24) is 0 Å². The van der Waals surface area contributed by atoms with Gasteiger partial charge in [0.1, 0.15) is 17.1 Å². The number of benzene rings is 1. The lowest BCUT2D eigenvalue weighted by atomic mass is 10.2. The van der Waals surface area contributed by atoms with Crippen molar-refractivity contribution in [3.63, 3.8) is 0 Å². The summed E-state index contributed by atoms with van der Waals surface area (Å²) in [5.74, 6) is -12.0. The molecule has 1 aromatic carbocycles. The molecule has 0 aliphatic heterocycles. The third kappa shape index (κ3) is 4.50. The van der Waals surface area contributed by atoms with Gasteiger partial charge in [0.05, 0.1) is 0 Å². The van der Waals surface area contributed by atoms with Crippen LogP contribution in [-0.2, 0) is 10.1 Å². The van der Waals surface area contributed by atoms with E-state index in [1.54, 1.807) is 20.8 Å². The van der Waals surface area contributed by atoms with E-state index >= 15 is 0 Å². The van der Waals surface area contributed by atoms with Gasteiger partial charge in [0.25, 0.3) is 0 Å². The van der Waals surface area contributed by atoms with E-state index in [-0.39, 0.29) is 5.75 Å². The minimum absolute atomic E-state index is 0.217. The molecule has 4 nitrogen and oxygen atoms in total. The molecular formula is C14H16F6O4S. The average Bonchev–Trinajstić information content (AvgIpc) is 2.37. The summed E-state index contributed by atoms with van der Waals surface area (Å²) in [6.45, 7) is 4.59. The molecule has 0 amide bonds. The lowest BCUT2D eigenvalue weighted by molar-refractivity contribution is -0.272. The van der Waals surface area contributed by atoms with E-state index in [1.165, 1.54) is 0 Å². The highest BCUT2D eigenvalue weighted by molar-refractivity contribution is 7.88. The number of ether oxygens (including phenoxy) is 1. The smallest absolute Gasteiger partial charge is 0.449 e. The second-order valence-electron chi connectivity index (χ2n) is 6.20. The van der Waals surface area contributed by atoms with Crippen LogP contribution in [0, 0.1) is 0 Å². The standard InChI is InChI=1S/C14H16F6O4S/c1-11(2,3)23-9-5-7-10(8-6-9)24-25(21,22)14(19,20)13(17,18)12(4,15)16/h5-8H,1-4H3. The maximum atomic E-state index is 13.5. The second kappa shape index (κ2) is 6.26. The van der Waals surface area contributed by atoms with Gasteiger partial charge in [0, 0.05) is 6.92 Å². The van der Waals surface area contributed by atoms with E-state index in [2.05, 4.69) is 4.18 Å². The van der Waals surface area contributed by atoms with E-state index in [9.17, 15) is 34.8 Å². The van der Waals surface area contributed by atoms with Gasteiger partial charge in [0.2, 0.25) is 0 Å². The van der Waals surface area contributed by atoms with Gasteiger partial charge in [-0.1, -0.05) is 0 Å². The first kappa shape index (κ1) is 21.4. The van der Waals surface area contributed by atoms with Crippen LogP contribution in [0.15, 0.2) is 24.3 Å². The van der Waals surface area contributed by atoms with Crippen molar-refractivity contribution in [2.45, 2.75) is 50.4 Å². The summed E-state index contributed by atoms with van der Waals surface area (Å²) in [6.07, 6.45) is 0. The van der Waals surface area contributed by atoms with Gasteiger partial charge in [-0.3, -0.25) is 0 Å². The fourth-order valence-corrected chi connectivity index (χ4v) is 2.47. The van der Waals surface area contributed by atoms with Crippen molar-refractivity contribution in [2.24, 2.45) is 0 Å². The van der Waals surface area contributed by atoms with Crippen LogP contribution in [0.5, 0.6) is 11.5 Å². The Hall–Kier alpha value is -1.65. The van der Waals surface area contributed by atoms with Crippen LogP contribution in [0.1, 0.15) is 27.7 Å². The molecule has 0 atom stereocenters. The SMILES string of the molecule is CC(C)(C)Oc1ccc(OS(=O)(=O)C(F)(F)C(F)(F)C(C)(F)F)cc1. The van der Waals surface area contributed by atoms with E-state index in [0.717, 1.165) is 24.3 Å². The first-order chi connectivity index (χ1) is 10.9. The van der Waals surface area contributed by atoms with Crippen LogP contribution >= 0.6 is 0 Å². The first-order valence-electron chi connectivity index (χ1n) is 6.77. The molecule has 0 saturated heterocycles. The molecule has 0 saturated carbocycles.